The summed E-state index contributed by atoms with van der Waals surface area (Å²) in [4.78, 5) is 1.08. The molecule has 0 aliphatic rings. The Bertz CT molecular complexity index is 447. The average molecular weight is 243 g/mol. The van der Waals surface area contributed by atoms with Gasteiger partial charge in [-0.25, -0.2) is 0 Å². The zero-order chi connectivity index (χ0) is 10.8. The summed E-state index contributed by atoms with van der Waals surface area (Å²) in [5.74, 6) is 0.769. The van der Waals surface area contributed by atoms with Gasteiger partial charge in [0.1, 0.15) is 5.76 Å². The summed E-state index contributed by atoms with van der Waals surface area (Å²) in [6.07, 6.45) is 1.66. The molecular weight excluding hydrogens is 232 g/mol. The second-order valence-electron chi connectivity index (χ2n) is 3.36. The lowest BCUT2D eigenvalue weighted by atomic mass is 10.1. The van der Waals surface area contributed by atoms with E-state index >= 15 is 0 Å². The van der Waals surface area contributed by atoms with Crippen LogP contribution in [0, 0.1) is 6.92 Å². The van der Waals surface area contributed by atoms with Gasteiger partial charge < -0.3 is 9.52 Å². The maximum Gasteiger partial charge on any atom is 0.106 e. The standard InChI is InChI=1S/C11H11ClO2S/c1-7-9(4-5-14-7)10(13)6-8-2-3-11(12)15-8/h2-5,10,13H,6H2,1H3. The minimum Gasteiger partial charge on any atom is -0.469 e. The Labute approximate surface area is 97.1 Å². The molecule has 15 heavy (non-hydrogen) atoms. The van der Waals surface area contributed by atoms with Gasteiger partial charge in [0.2, 0.25) is 0 Å². The number of aryl methyl sites for hydroxylation is 1. The van der Waals surface area contributed by atoms with Crippen LogP contribution in [0.25, 0.3) is 0 Å². The first kappa shape index (κ1) is 10.7. The van der Waals surface area contributed by atoms with Crippen molar-refractivity contribution in [1.82, 2.24) is 0 Å². The second kappa shape index (κ2) is 4.39. The average Bonchev–Trinajstić information content (AvgIpc) is 2.75. The fraction of sp³-hybridized carbons (Fsp3) is 0.273. The molecule has 0 spiro atoms. The highest BCUT2D eigenvalue weighted by Gasteiger charge is 2.14. The first-order chi connectivity index (χ1) is 7.16. The molecule has 1 unspecified atom stereocenters. The number of hydrogen-bond donors (Lipinski definition) is 1. The summed E-state index contributed by atoms with van der Waals surface area (Å²) in [6.45, 7) is 1.85. The zero-order valence-corrected chi connectivity index (χ0v) is 9.81. The van der Waals surface area contributed by atoms with Gasteiger partial charge in [-0.1, -0.05) is 11.6 Å². The summed E-state index contributed by atoms with van der Waals surface area (Å²) >= 11 is 7.31. The summed E-state index contributed by atoms with van der Waals surface area (Å²) in [7, 11) is 0. The fourth-order valence-electron chi connectivity index (χ4n) is 1.50. The van der Waals surface area contributed by atoms with E-state index in [2.05, 4.69) is 0 Å². The summed E-state index contributed by atoms with van der Waals surface area (Å²) < 4.78 is 5.90. The molecule has 0 aliphatic carbocycles. The third-order valence-corrected chi connectivity index (χ3v) is 3.53. The highest BCUT2D eigenvalue weighted by atomic mass is 35.5. The van der Waals surface area contributed by atoms with E-state index in [1.165, 1.54) is 11.3 Å². The topological polar surface area (TPSA) is 33.4 Å². The highest BCUT2D eigenvalue weighted by molar-refractivity contribution is 7.16. The summed E-state index contributed by atoms with van der Waals surface area (Å²) in [5.41, 5.74) is 0.847. The molecule has 0 saturated heterocycles. The number of halogens is 1. The number of aliphatic hydroxyl groups is 1. The van der Waals surface area contributed by atoms with E-state index < -0.39 is 6.10 Å². The van der Waals surface area contributed by atoms with Crippen LogP contribution in [0.5, 0.6) is 0 Å². The number of thiophene rings is 1. The Morgan fingerprint density at radius 3 is 2.80 bits per heavy atom. The van der Waals surface area contributed by atoms with Gasteiger partial charge in [-0.05, 0) is 25.1 Å². The lowest BCUT2D eigenvalue weighted by Crippen LogP contribution is -2.00. The van der Waals surface area contributed by atoms with Gasteiger partial charge in [-0.2, -0.15) is 0 Å². The van der Waals surface area contributed by atoms with Crippen LogP contribution in [-0.4, -0.2) is 5.11 Å². The third kappa shape index (κ3) is 2.43. The molecule has 2 heterocycles. The van der Waals surface area contributed by atoms with Gasteiger partial charge in [0.15, 0.2) is 0 Å². The van der Waals surface area contributed by atoms with Crippen molar-refractivity contribution in [2.75, 3.05) is 0 Å². The summed E-state index contributed by atoms with van der Waals surface area (Å²) in [6, 6.07) is 5.58. The molecule has 0 bridgehead atoms. The second-order valence-corrected chi connectivity index (χ2v) is 5.16. The van der Waals surface area contributed by atoms with Crippen molar-refractivity contribution in [2.45, 2.75) is 19.4 Å². The zero-order valence-electron chi connectivity index (χ0n) is 8.24. The molecule has 80 valence electrons. The molecule has 0 fully saturated rings. The van der Waals surface area contributed by atoms with Crippen molar-refractivity contribution in [3.8, 4) is 0 Å². The molecule has 2 rings (SSSR count). The molecule has 1 N–H and O–H groups in total. The van der Waals surface area contributed by atoms with E-state index in [0.717, 1.165) is 20.5 Å². The van der Waals surface area contributed by atoms with E-state index in [1.807, 2.05) is 19.1 Å². The molecule has 0 radical (unpaired) electrons. The van der Waals surface area contributed by atoms with Gasteiger partial charge in [0.25, 0.3) is 0 Å². The number of aliphatic hydroxyl groups excluding tert-OH is 1. The van der Waals surface area contributed by atoms with Crippen molar-refractivity contribution >= 4 is 22.9 Å². The number of hydrogen-bond acceptors (Lipinski definition) is 3. The van der Waals surface area contributed by atoms with E-state index in [0.29, 0.717) is 6.42 Å². The Morgan fingerprint density at radius 2 is 2.27 bits per heavy atom. The van der Waals surface area contributed by atoms with Crippen LogP contribution < -0.4 is 0 Å². The fourth-order valence-corrected chi connectivity index (χ4v) is 2.63. The Balaban J connectivity index is 2.10. The Hall–Kier alpha value is -0.770. The molecule has 0 saturated carbocycles. The first-order valence-corrected chi connectivity index (χ1v) is 5.82. The van der Waals surface area contributed by atoms with Crippen LogP contribution >= 0.6 is 22.9 Å². The largest absolute Gasteiger partial charge is 0.469 e. The van der Waals surface area contributed by atoms with Crippen molar-refractivity contribution in [3.63, 3.8) is 0 Å². The first-order valence-electron chi connectivity index (χ1n) is 4.63. The van der Waals surface area contributed by atoms with E-state index in [1.54, 1.807) is 12.3 Å². The SMILES string of the molecule is Cc1occc1C(O)Cc1ccc(Cl)s1. The molecule has 2 aromatic heterocycles. The van der Waals surface area contributed by atoms with Crippen LogP contribution in [-0.2, 0) is 6.42 Å². The molecule has 1 atom stereocenters. The summed E-state index contributed by atoms with van der Waals surface area (Å²) in [5, 5.41) is 9.96. The third-order valence-electron chi connectivity index (χ3n) is 2.28. The molecular formula is C11H11ClO2S. The van der Waals surface area contributed by atoms with E-state index in [4.69, 9.17) is 16.0 Å². The molecule has 2 aromatic rings. The van der Waals surface area contributed by atoms with Crippen LogP contribution in [0.15, 0.2) is 28.9 Å². The maximum absolute atomic E-state index is 9.96. The van der Waals surface area contributed by atoms with Crippen LogP contribution in [0.1, 0.15) is 22.3 Å². The smallest absolute Gasteiger partial charge is 0.106 e. The lowest BCUT2D eigenvalue weighted by molar-refractivity contribution is 0.177. The van der Waals surface area contributed by atoms with Crippen molar-refractivity contribution in [3.05, 3.63) is 45.0 Å². The monoisotopic (exact) mass is 242 g/mol. The Morgan fingerprint density at radius 1 is 1.47 bits per heavy atom. The molecule has 2 nitrogen and oxygen atoms in total. The van der Waals surface area contributed by atoms with Gasteiger partial charge in [0, 0.05) is 16.9 Å². The van der Waals surface area contributed by atoms with E-state index in [-0.39, 0.29) is 0 Å². The van der Waals surface area contributed by atoms with Crippen LogP contribution in [0.2, 0.25) is 4.34 Å². The van der Waals surface area contributed by atoms with E-state index in [9.17, 15) is 5.11 Å². The molecule has 4 heteroatoms. The van der Waals surface area contributed by atoms with Crippen LogP contribution in [0.3, 0.4) is 0 Å². The van der Waals surface area contributed by atoms with Gasteiger partial charge in [-0.15, -0.1) is 11.3 Å². The number of furan rings is 1. The predicted molar refractivity (Wildman–Crippen MR) is 61.4 cm³/mol. The normalized spacial score (nSPS) is 13.0. The van der Waals surface area contributed by atoms with Crippen LogP contribution in [0.4, 0.5) is 0 Å². The van der Waals surface area contributed by atoms with Crippen molar-refractivity contribution < 1.29 is 9.52 Å². The predicted octanol–water partition coefficient (Wildman–Crippen LogP) is 3.58. The van der Waals surface area contributed by atoms with Gasteiger partial charge in [0.05, 0.1) is 16.7 Å². The Kier molecular flexibility index (Phi) is 3.14. The maximum atomic E-state index is 9.96. The van der Waals surface area contributed by atoms with Crippen molar-refractivity contribution in [1.29, 1.82) is 0 Å². The van der Waals surface area contributed by atoms with Gasteiger partial charge in [-0.3, -0.25) is 0 Å². The minimum atomic E-state index is -0.515. The van der Waals surface area contributed by atoms with Crippen molar-refractivity contribution in [2.24, 2.45) is 0 Å². The molecule has 0 amide bonds. The minimum absolute atomic E-state index is 0.515. The quantitative estimate of drug-likeness (QED) is 0.893. The number of rotatable bonds is 3. The molecule has 0 aliphatic heterocycles. The highest BCUT2D eigenvalue weighted by Crippen LogP contribution is 2.27. The lowest BCUT2D eigenvalue weighted by Gasteiger charge is -2.07. The molecule has 0 aromatic carbocycles. The van der Waals surface area contributed by atoms with Gasteiger partial charge >= 0.3 is 0 Å².